The van der Waals surface area contributed by atoms with Gasteiger partial charge in [-0.1, -0.05) is 11.6 Å². The topological polar surface area (TPSA) is 58.6 Å². The van der Waals surface area contributed by atoms with Crippen LogP contribution in [0.1, 0.15) is 27.2 Å². The normalized spacial score (nSPS) is 13.9. The van der Waals surface area contributed by atoms with Gasteiger partial charge in [-0.05, 0) is 43.3 Å². The number of nitrogens with one attached hydrogen (secondary N) is 1. The molecular formula is C19H21ClN2O3S2. The first-order valence-electron chi connectivity index (χ1n) is 8.57. The molecule has 0 atom stereocenters. The maximum atomic E-state index is 12.4. The molecule has 144 valence electrons. The van der Waals surface area contributed by atoms with E-state index in [0.29, 0.717) is 27.8 Å². The van der Waals surface area contributed by atoms with Crippen LogP contribution in [0, 0.1) is 0 Å². The third-order valence-corrected chi connectivity index (χ3v) is 6.70. The summed E-state index contributed by atoms with van der Waals surface area (Å²) in [7, 11) is 3.42. The Kier molecular flexibility index (Phi) is 6.81. The number of likely N-dealkylation sites (N-methyl/N-ethyl adjacent to an activating group) is 1. The summed E-state index contributed by atoms with van der Waals surface area (Å²) in [6.07, 6.45) is 1.14. The lowest BCUT2D eigenvalue weighted by molar-refractivity contribution is -0.115. The number of benzene rings is 1. The van der Waals surface area contributed by atoms with Crippen LogP contribution < -0.4 is 5.32 Å². The summed E-state index contributed by atoms with van der Waals surface area (Å²) in [6.45, 7) is 1.67. The number of hydrogen-bond acceptors (Lipinski definition) is 6. The molecular weight excluding hydrogens is 404 g/mol. The molecule has 0 aliphatic carbocycles. The number of amides is 1. The maximum Gasteiger partial charge on any atom is 0.341 e. The van der Waals surface area contributed by atoms with E-state index in [1.54, 1.807) is 11.8 Å². The van der Waals surface area contributed by atoms with Crippen molar-refractivity contribution in [3.05, 3.63) is 45.3 Å². The number of thiophene rings is 1. The predicted octanol–water partition coefficient (Wildman–Crippen LogP) is 4.30. The fourth-order valence-corrected chi connectivity index (χ4v) is 5.23. The molecule has 5 nitrogen and oxygen atoms in total. The number of nitrogens with zero attached hydrogens (tertiary/aromatic N) is 1. The molecule has 1 aliphatic rings. The summed E-state index contributed by atoms with van der Waals surface area (Å²) in [5.74, 6) is 0.158. The van der Waals surface area contributed by atoms with Crippen LogP contribution in [0.25, 0.3) is 0 Å². The number of ether oxygens (including phenoxy) is 1. The Morgan fingerprint density at radius 2 is 2.07 bits per heavy atom. The predicted molar refractivity (Wildman–Crippen MR) is 111 cm³/mol. The molecule has 2 aromatic rings. The molecule has 3 rings (SSSR count). The SMILES string of the molecule is COC(=O)c1c(NC(=O)CCSc2ccc(Cl)cc2)sc2c1CCN(C)C2. The number of methoxy groups -OCH3 is 1. The van der Waals surface area contributed by atoms with Crippen molar-refractivity contribution in [1.82, 2.24) is 4.90 Å². The summed E-state index contributed by atoms with van der Waals surface area (Å²) in [5, 5.41) is 4.21. The second kappa shape index (κ2) is 9.10. The highest BCUT2D eigenvalue weighted by Crippen LogP contribution is 2.37. The highest BCUT2D eigenvalue weighted by atomic mass is 35.5. The number of hydrogen-bond donors (Lipinski definition) is 1. The highest BCUT2D eigenvalue weighted by Gasteiger charge is 2.28. The fraction of sp³-hybridized carbons (Fsp3) is 0.368. The second-order valence-corrected chi connectivity index (χ2v) is 9.00. The minimum atomic E-state index is -0.386. The third kappa shape index (κ3) is 5.04. The summed E-state index contributed by atoms with van der Waals surface area (Å²) in [5.41, 5.74) is 1.53. The Morgan fingerprint density at radius 3 is 2.78 bits per heavy atom. The number of anilines is 1. The molecule has 1 aromatic heterocycles. The van der Waals surface area contributed by atoms with Gasteiger partial charge in [-0.2, -0.15) is 0 Å². The molecule has 1 N–H and O–H groups in total. The van der Waals surface area contributed by atoms with E-state index in [0.717, 1.165) is 34.8 Å². The number of thioether (sulfide) groups is 1. The first kappa shape index (κ1) is 20.2. The molecule has 0 spiro atoms. The van der Waals surface area contributed by atoms with Gasteiger partial charge in [0.25, 0.3) is 0 Å². The molecule has 0 bridgehead atoms. The number of halogens is 1. The average Bonchev–Trinajstić information content (AvgIpc) is 2.99. The van der Waals surface area contributed by atoms with Crippen molar-refractivity contribution in [3.63, 3.8) is 0 Å². The zero-order chi connectivity index (χ0) is 19.4. The van der Waals surface area contributed by atoms with E-state index >= 15 is 0 Å². The summed E-state index contributed by atoms with van der Waals surface area (Å²) in [4.78, 5) is 29.0. The van der Waals surface area contributed by atoms with Crippen LogP contribution in [0.4, 0.5) is 5.00 Å². The molecule has 1 amide bonds. The lowest BCUT2D eigenvalue weighted by Gasteiger charge is -2.22. The van der Waals surface area contributed by atoms with Crippen LogP contribution in [0.5, 0.6) is 0 Å². The Bertz CT molecular complexity index is 836. The first-order chi connectivity index (χ1) is 13.0. The van der Waals surface area contributed by atoms with Gasteiger partial charge in [0.15, 0.2) is 0 Å². The molecule has 0 fully saturated rings. The lowest BCUT2D eigenvalue weighted by Crippen LogP contribution is -2.26. The molecule has 27 heavy (non-hydrogen) atoms. The van der Waals surface area contributed by atoms with Crippen LogP contribution in [-0.2, 0) is 22.5 Å². The van der Waals surface area contributed by atoms with Gasteiger partial charge in [-0.15, -0.1) is 23.1 Å². The van der Waals surface area contributed by atoms with Gasteiger partial charge >= 0.3 is 5.97 Å². The van der Waals surface area contributed by atoms with Crippen LogP contribution in [-0.4, -0.2) is 43.2 Å². The standard InChI is InChI=1S/C19H21ClN2O3S2/c1-22-9-7-14-15(11-22)27-18(17(14)19(24)25-2)21-16(23)8-10-26-13-5-3-12(20)4-6-13/h3-6H,7-11H2,1-2H3,(H,21,23). The first-order valence-corrected chi connectivity index (χ1v) is 10.8. The van der Waals surface area contributed by atoms with Crippen molar-refractivity contribution >= 4 is 51.6 Å². The number of fused-ring (bicyclic) bond motifs is 1. The van der Waals surface area contributed by atoms with Crippen LogP contribution in [0.15, 0.2) is 29.2 Å². The van der Waals surface area contributed by atoms with Crippen molar-refractivity contribution in [3.8, 4) is 0 Å². The van der Waals surface area contributed by atoms with Crippen molar-refractivity contribution in [1.29, 1.82) is 0 Å². The summed E-state index contributed by atoms with van der Waals surface area (Å²) < 4.78 is 4.95. The van der Waals surface area contributed by atoms with E-state index in [1.165, 1.54) is 18.4 Å². The zero-order valence-corrected chi connectivity index (χ0v) is 17.6. The van der Waals surface area contributed by atoms with E-state index in [4.69, 9.17) is 16.3 Å². The minimum absolute atomic E-state index is 0.103. The van der Waals surface area contributed by atoms with E-state index in [9.17, 15) is 9.59 Å². The zero-order valence-electron chi connectivity index (χ0n) is 15.2. The van der Waals surface area contributed by atoms with Crippen LogP contribution in [0.2, 0.25) is 5.02 Å². The lowest BCUT2D eigenvalue weighted by atomic mass is 10.0. The number of carbonyl (C=O) groups excluding carboxylic acids is 2. The average molecular weight is 425 g/mol. The molecule has 0 saturated heterocycles. The maximum absolute atomic E-state index is 12.4. The van der Waals surface area contributed by atoms with Gasteiger partial charge in [0.1, 0.15) is 5.00 Å². The van der Waals surface area contributed by atoms with Gasteiger partial charge in [0.2, 0.25) is 5.91 Å². The molecule has 2 heterocycles. The number of rotatable bonds is 6. The molecule has 0 radical (unpaired) electrons. The fourth-order valence-electron chi connectivity index (χ4n) is 2.92. The second-order valence-electron chi connectivity index (χ2n) is 6.29. The molecule has 8 heteroatoms. The van der Waals surface area contributed by atoms with Crippen molar-refractivity contribution in [2.24, 2.45) is 0 Å². The van der Waals surface area contributed by atoms with Gasteiger partial charge in [0.05, 0.1) is 12.7 Å². The summed E-state index contributed by atoms with van der Waals surface area (Å²) >= 11 is 8.95. The van der Waals surface area contributed by atoms with E-state index in [-0.39, 0.29) is 11.9 Å². The smallest absolute Gasteiger partial charge is 0.341 e. The van der Waals surface area contributed by atoms with Crippen molar-refractivity contribution in [2.75, 3.05) is 31.8 Å². The Labute approximate surface area is 172 Å². The largest absolute Gasteiger partial charge is 0.465 e. The van der Waals surface area contributed by atoms with Gasteiger partial charge in [-0.25, -0.2) is 4.79 Å². The minimum Gasteiger partial charge on any atom is -0.465 e. The van der Waals surface area contributed by atoms with Gasteiger partial charge in [0, 0.05) is 40.1 Å². The highest BCUT2D eigenvalue weighted by molar-refractivity contribution is 7.99. The van der Waals surface area contributed by atoms with Crippen molar-refractivity contribution in [2.45, 2.75) is 24.3 Å². The third-order valence-electron chi connectivity index (χ3n) is 4.30. The van der Waals surface area contributed by atoms with Gasteiger partial charge < -0.3 is 15.0 Å². The van der Waals surface area contributed by atoms with E-state index in [2.05, 4.69) is 10.2 Å². The van der Waals surface area contributed by atoms with Crippen molar-refractivity contribution < 1.29 is 14.3 Å². The molecule has 0 unspecified atom stereocenters. The molecule has 0 saturated carbocycles. The summed E-state index contributed by atoms with van der Waals surface area (Å²) in [6, 6.07) is 7.54. The quantitative estimate of drug-likeness (QED) is 0.553. The Morgan fingerprint density at radius 1 is 1.33 bits per heavy atom. The van der Waals surface area contributed by atoms with Gasteiger partial charge in [-0.3, -0.25) is 4.79 Å². The molecule has 1 aliphatic heterocycles. The number of esters is 1. The monoisotopic (exact) mass is 424 g/mol. The van der Waals surface area contributed by atoms with E-state index < -0.39 is 0 Å². The number of carbonyl (C=O) groups is 2. The Hall–Kier alpha value is -1.54. The Balaban J connectivity index is 1.64. The van der Waals surface area contributed by atoms with Crippen LogP contribution >= 0.6 is 34.7 Å². The van der Waals surface area contributed by atoms with Crippen LogP contribution in [0.3, 0.4) is 0 Å². The molecule has 1 aromatic carbocycles. The van der Waals surface area contributed by atoms with E-state index in [1.807, 2.05) is 31.3 Å².